The van der Waals surface area contributed by atoms with Crippen molar-refractivity contribution in [3.8, 4) is 0 Å². The number of aryl methyl sites for hydroxylation is 2. The van der Waals surface area contributed by atoms with Crippen molar-refractivity contribution in [3.05, 3.63) is 16.3 Å². The van der Waals surface area contributed by atoms with Crippen LogP contribution in [0.5, 0.6) is 0 Å². The molecule has 2 aliphatic rings. The molecule has 1 aromatic heterocycles. The molecule has 9 heteroatoms. The molecule has 0 spiro atoms. The second kappa shape index (κ2) is 9.75. The zero-order valence-corrected chi connectivity index (χ0v) is 16.9. The number of fused-ring (bicyclic) bond motifs is 1. The number of hydrogen-bond donors (Lipinski definition) is 1. The molecule has 2 aliphatic heterocycles. The Morgan fingerprint density at radius 3 is 2.61 bits per heavy atom. The standard InChI is InChI=1S/C19H32N6O3/c1-2-7-17(26)22-10-6-11-23(15-14-22)18(27)20-9-5-13-25-19(28)24-12-4-3-8-16(24)21-25/h2-15H2,1H3,(H,20,27). The normalized spacial score (nSPS) is 17.2. The second-order valence-corrected chi connectivity index (χ2v) is 7.59. The third-order valence-corrected chi connectivity index (χ3v) is 5.45. The number of nitrogens with one attached hydrogen (secondary N) is 1. The van der Waals surface area contributed by atoms with Gasteiger partial charge >= 0.3 is 11.7 Å². The third kappa shape index (κ3) is 4.94. The Labute approximate surface area is 165 Å². The van der Waals surface area contributed by atoms with Crippen molar-refractivity contribution in [2.45, 2.75) is 65.0 Å². The molecule has 9 nitrogen and oxygen atoms in total. The molecule has 1 N–H and O–H groups in total. The molecule has 0 atom stereocenters. The van der Waals surface area contributed by atoms with Crippen LogP contribution in [0.3, 0.4) is 0 Å². The van der Waals surface area contributed by atoms with Crippen molar-refractivity contribution < 1.29 is 9.59 Å². The van der Waals surface area contributed by atoms with Gasteiger partial charge in [-0.3, -0.25) is 9.36 Å². The van der Waals surface area contributed by atoms with Gasteiger partial charge in [0.05, 0.1) is 0 Å². The summed E-state index contributed by atoms with van der Waals surface area (Å²) in [6.45, 7) is 6.32. The highest BCUT2D eigenvalue weighted by atomic mass is 16.2. The average molecular weight is 393 g/mol. The van der Waals surface area contributed by atoms with Crippen LogP contribution in [0.2, 0.25) is 0 Å². The molecule has 28 heavy (non-hydrogen) atoms. The van der Waals surface area contributed by atoms with Crippen LogP contribution in [-0.4, -0.2) is 68.8 Å². The molecule has 1 saturated heterocycles. The molecular formula is C19H32N6O3. The predicted molar refractivity (Wildman–Crippen MR) is 105 cm³/mol. The summed E-state index contributed by atoms with van der Waals surface area (Å²) in [4.78, 5) is 40.4. The van der Waals surface area contributed by atoms with Crippen LogP contribution in [0.4, 0.5) is 4.79 Å². The van der Waals surface area contributed by atoms with Crippen LogP contribution >= 0.6 is 0 Å². The molecule has 0 aromatic carbocycles. The Bertz CT molecular complexity index is 741. The van der Waals surface area contributed by atoms with Crippen LogP contribution in [-0.2, 0) is 24.3 Å². The van der Waals surface area contributed by atoms with E-state index in [9.17, 15) is 14.4 Å². The number of aromatic nitrogens is 3. The summed E-state index contributed by atoms with van der Waals surface area (Å²) in [6, 6.07) is -0.0960. The molecule has 0 unspecified atom stereocenters. The van der Waals surface area contributed by atoms with Gasteiger partial charge < -0.3 is 15.1 Å². The first-order valence-corrected chi connectivity index (χ1v) is 10.6. The van der Waals surface area contributed by atoms with Gasteiger partial charge in [-0.25, -0.2) is 14.3 Å². The van der Waals surface area contributed by atoms with Crippen LogP contribution in [0.25, 0.3) is 0 Å². The fourth-order valence-electron chi connectivity index (χ4n) is 3.87. The fourth-order valence-corrected chi connectivity index (χ4v) is 3.87. The molecule has 0 bridgehead atoms. The molecule has 1 fully saturated rings. The van der Waals surface area contributed by atoms with Crippen LogP contribution < -0.4 is 11.0 Å². The van der Waals surface area contributed by atoms with E-state index < -0.39 is 0 Å². The van der Waals surface area contributed by atoms with Crippen molar-refractivity contribution in [1.29, 1.82) is 0 Å². The quantitative estimate of drug-likeness (QED) is 0.726. The smallest absolute Gasteiger partial charge is 0.341 e. The first kappa shape index (κ1) is 20.4. The van der Waals surface area contributed by atoms with E-state index in [4.69, 9.17) is 0 Å². The Morgan fingerprint density at radius 2 is 1.82 bits per heavy atom. The molecule has 156 valence electrons. The lowest BCUT2D eigenvalue weighted by molar-refractivity contribution is -0.131. The zero-order valence-electron chi connectivity index (χ0n) is 16.9. The van der Waals surface area contributed by atoms with Gasteiger partial charge in [0.25, 0.3) is 0 Å². The van der Waals surface area contributed by atoms with Crippen molar-refractivity contribution in [2.24, 2.45) is 0 Å². The minimum absolute atomic E-state index is 0.0367. The number of rotatable bonds is 6. The van der Waals surface area contributed by atoms with Crippen molar-refractivity contribution in [3.63, 3.8) is 0 Å². The monoisotopic (exact) mass is 392 g/mol. The maximum absolute atomic E-state index is 12.4. The Morgan fingerprint density at radius 1 is 1.04 bits per heavy atom. The number of amides is 3. The molecule has 0 radical (unpaired) electrons. The highest BCUT2D eigenvalue weighted by Gasteiger charge is 2.21. The van der Waals surface area contributed by atoms with Gasteiger partial charge in [-0.2, -0.15) is 5.10 Å². The number of hydrogen-bond acceptors (Lipinski definition) is 4. The number of urea groups is 1. The lowest BCUT2D eigenvalue weighted by atomic mass is 10.2. The van der Waals surface area contributed by atoms with Crippen LogP contribution in [0, 0.1) is 0 Å². The van der Waals surface area contributed by atoms with E-state index in [1.807, 2.05) is 11.8 Å². The molecular weight excluding hydrogens is 360 g/mol. The third-order valence-electron chi connectivity index (χ3n) is 5.45. The van der Waals surface area contributed by atoms with Gasteiger partial charge in [0, 0.05) is 58.7 Å². The lowest BCUT2D eigenvalue weighted by Gasteiger charge is -2.22. The van der Waals surface area contributed by atoms with E-state index in [1.165, 1.54) is 4.68 Å². The predicted octanol–water partition coefficient (Wildman–Crippen LogP) is 0.815. The van der Waals surface area contributed by atoms with Crippen molar-refractivity contribution in [2.75, 3.05) is 32.7 Å². The molecule has 0 saturated carbocycles. The summed E-state index contributed by atoms with van der Waals surface area (Å²) in [5.41, 5.74) is -0.0367. The zero-order chi connectivity index (χ0) is 19.9. The molecule has 3 amide bonds. The topological polar surface area (TPSA) is 92.5 Å². The summed E-state index contributed by atoms with van der Waals surface area (Å²) in [7, 11) is 0. The van der Waals surface area contributed by atoms with Gasteiger partial charge in [0.15, 0.2) is 0 Å². The largest absolute Gasteiger partial charge is 0.345 e. The van der Waals surface area contributed by atoms with Gasteiger partial charge in [-0.15, -0.1) is 0 Å². The lowest BCUT2D eigenvalue weighted by Crippen LogP contribution is -2.43. The number of nitrogens with zero attached hydrogens (tertiary/aromatic N) is 5. The maximum Gasteiger partial charge on any atom is 0.345 e. The van der Waals surface area contributed by atoms with E-state index in [2.05, 4.69) is 10.4 Å². The number of carbonyl (C=O) groups is 2. The first-order chi connectivity index (χ1) is 13.6. The highest BCUT2D eigenvalue weighted by Crippen LogP contribution is 2.09. The summed E-state index contributed by atoms with van der Waals surface area (Å²) in [5.74, 6) is 1.06. The highest BCUT2D eigenvalue weighted by molar-refractivity contribution is 5.77. The molecule has 0 aliphatic carbocycles. The fraction of sp³-hybridized carbons (Fsp3) is 0.789. The molecule has 1 aromatic rings. The van der Waals surface area contributed by atoms with Crippen molar-refractivity contribution in [1.82, 2.24) is 29.5 Å². The van der Waals surface area contributed by atoms with E-state index in [0.717, 1.165) is 51.0 Å². The van der Waals surface area contributed by atoms with Gasteiger partial charge in [-0.1, -0.05) is 6.92 Å². The van der Waals surface area contributed by atoms with Crippen molar-refractivity contribution >= 4 is 11.9 Å². The van der Waals surface area contributed by atoms with E-state index in [0.29, 0.717) is 45.6 Å². The van der Waals surface area contributed by atoms with Crippen LogP contribution in [0.1, 0.15) is 51.3 Å². The SMILES string of the molecule is CCCC(=O)N1CCCN(C(=O)NCCCn2nc3n(c2=O)CCCC3)CC1. The van der Waals surface area contributed by atoms with Gasteiger partial charge in [0.1, 0.15) is 5.82 Å². The summed E-state index contributed by atoms with van der Waals surface area (Å²) in [6.07, 6.45) is 5.88. The molecule has 3 heterocycles. The Kier molecular flexibility index (Phi) is 7.11. The summed E-state index contributed by atoms with van der Waals surface area (Å²) in [5, 5.41) is 7.35. The minimum Gasteiger partial charge on any atom is -0.341 e. The number of carbonyl (C=O) groups excluding carboxylic acids is 2. The van der Waals surface area contributed by atoms with E-state index in [1.54, 1.807) is 9.47 Å². The summed E-state index contributed by atoms with van der Waals surface area (Å²) >= 11 is 0. The Balaban J connectivity index is 1.40. The molecule has 3 rings (SSSR count). The summed E-state index contributed by atoms with van der Waals surface area (Å²) < 4.78 is 3.29. The Hall–Kier alpha value is -2.32. The second-order valence-electron chi connectivity index (χ2n) is 7.59. The van der Waals surface area contributed by atoms with E-state index >= 15 is 0 Å². The van der Waals surface area contributed by atoms with Gasteiger partial charge in [-0.05, 0) is 32.1 Å². The average Bonchev–Trinajstić information content (AvgIpc) is 2.86. The van der Waals surface area contributed by atoms with E-state index in [-0.39, 0.29) is 17.6 Å². The van der Waals surface area contributed by atoms with Gasteiger partial charge in [0.2, 0.25) is 5.91 Å². The maximum atomic E-state index is 12.4. The first-order valence-electron chi connectivity index (χ1n) is 10.6. The van der Waals surface area contributed by atoms with Crippen LogP contribution in [0.15, 0.2) is 4.79 Å². The minimum atomic E-state index is -0.0960.